The summed E-state index contributed by atoms with van der Waals surface area (Å²) < 4.78 is 26.3. The molecule has 1 atom stereocenters. The number of aryl methyl sites for hydroxylation is 2. The van der Waals surface area contributed by atoms with Crippen LogP contribution in [0, 0.1) is 25.5 Å². The summed E-state index contributed by atoms with van der Waals surface area (Å²) >= 11 is 0. The Labute approximate surface area is 111 Å². The molecule has 2 aromatic carbocycles. The fraction of sp³-hybridized carbons (Fsp3) is 0.250. The van der Waals surface area contributed by atoms with Crippen molar-refractivity contribution in [2.75, 3.05) is 0 Å². The first-order valence-corrected chi connectivity index (χ1v) is 6.16. The van der Waals surface area contributed by atoms with Crippen molar-refractivity contribution in [3.63, 3.8) is 0 Å². The van der Waals surface area contributed by atoms with Crippen molar-refractivity contribution in [2.45, 2.75) is 26.4 Å². The van der Waals surface area contributed by atoms with E-state index in [0.29, 0.717) is 5.56 Å². The summed E-state index contributed by atoms with van der Waals surface area (Å²) in [7, 11) is 0. The molecule has 2 aromatic rings. The number of aliphatic hydroxyl groups excluding tert-OH is 1. The average Bonchev–Trinajstić information content (AvgIpc) is 2.36. The summed E-state index contributed by atoms with van der Waals surface area (Å²) in [6.07, 6.45) is -0.659. The van der Waals surface area contributed by atoms with E-state index in [4.69, 9.17) is 0 Å². The molecule has 1 unspecified atom stereocenters. The molecule has 0 amide bonds. The van der Waals surface area contributed by atoms with Crippen LogP contribution in [0.15, 0.2) is 36.4 Å². The molecule has 0 saturated carbocycles. The van der Waals surface area contributed by atoms with E-state index in [2.05, 4.69) is 0 Å². The third-order valence-electron chi connectivity index (χ3n) is 3.34. The fourth-order valence-electron chi connectivity index (χ4n) is 1.99. The second-order valence-corrected chi connectivity index (χ2v) is 4.80. The molecular weight excluding hydrogens is 246 g/mol. The highest BCUT2D eigenvalue weighted by molar-refractivity contribution is 5.32. The molecule has 0 aromatic heterocycles. The number of hydrogen-bond acceptors (Lipinski definition) is 1. The minimum absolute atomic E-state index is 0.134. The fourth-order valence-corrected chi connectivity index (χ4v) is 1.99. The highest BCUT2D eigenvalue weighted by Gasteiger charge is 2.12. The maximum absolute atomic E-state index is 13.5. The molecule has 19 heavy (non-hydrogen) atoms. The lowest BCUT2D eigenvalue weighted by molar-refractivity contribution is 0.177. The Morgan fingerprint density at radius 3 is 2.37 bits per heavy atom. The normalized spacial score (nSPS) is 12.5. The average molecular weight is 262 g/mol. The van der Waals surface area contributed by atoms with E-state index < -0.39 is 17.7 Å². The second-order valence-electron chi connectivity index (χ2n) is 4.80. The molecule has 0 spiro atoms. The van der Waals surface area contributed by atoms with Crippen LogP contribution in [0.3, 0.4) is 0 Å². The summed E-state index contributed by atoms with van der Waals surface area (Å²) in [6.45, 7) is 3.95. The van der Waals surface area contributed by atoms with Crippen LogP contribution in [0.4, 0.5) is 8.78 Å². The summed E-state index contributed by atoms with van der Waals surface area (Å²) in [6, 6.07) is 9.05. The molecule has 0 aliphatic rings. The molecule has 1 nitrogen and oxygen atoms in total. The standard InChI is InChI=1S/C16H16F2O/c1-10-3-4-13(7-11(10)2)16(19)8-12-5-6-14(17)9-15(12)18/h3-7,9,16,19H,8H2,1-2H3. The molecule has 2 rings (SSSR count). The molecule has 100 valence electrons. The molecular formula is C16H16F2O. The Morgan fingerprint density at radius 2 is 1.74 bits per heavy atom. The smallest absolute Gasteiger partial charge is 0.129 e. The Hall–Kier alpha value is -1.74. The SMILES string of the molecule is Cc1ccc(C(O)Cc2ccc(F)cc2F)cc1C. The van der Waals surface area contributed by atoms with Crippen LogP contribution >= 0.6 is 0 Å². The van der Waals surface area contributed by atoms with Crippen molar-refractivity contribution >= 4 is 0 Å². The van der Waals surface area contributed by atoms with Gasteiger partial charge < -0.3 is 5.11 Å². The van der Waals surface area contributed by atoms with E-state index in [0.717, 1.165) is 22.8 Å². The maximum Gasteiger partial charge on any atom is 0.129 e. The van der Waals surface area contributed by atoms with Gasteiger partial charge in [-0.3, -0.25) is 0 Å². The Balaban J connectivity index is 2.20. The first kappa shape index (κ1) is 13.7. The predicted octanol–water partition coefficient (Wildman–Crippen LogP) is 3.86. The van der Waals surface area contributed by atoms with Crippen molar-refractivity contribution < 1.29 is 13.9 Å². The van der Waals surface area contributed by atoms with Crippen molar-refractivity contribution in [3.05, 3.63) is 70.3 Å². The minimum atomic E-state index is -0.792. The molecule has 0 bridgehead atoms. The number of rotatable bonds is 3. The highest BCUT2D eigenvalue weighted by atomic mass is 19.1. The topological polar surface area (TPSA) is 20.2 Å². The third kappa shape index (κ3) is 3.18. The first-order chi connectivity index (χ1) is 8.97. The molecule has 0 heterocycles. The van der Waals surface area contributed by atoms with Crippen LogP contribution in [-0.4, -0.2) is 5.11 Å². The lowest BCUT2D eigenvalue weighted by Gasteiger charge is -2.13. The lowest BCUT2D eigenvalue weighted by Crippen LogP contribution is -2.04. The van der Waals surface area contributed by atoms with E-state index in [1.807, 2.05) is 32.0 Å². The molecule has 0 radical (unpaired) electrons. The van der Waals surface area contributed by atoms with Gasteiger partial charge in [-0.25, -0.2) is 8.78 Å². The second kappa shape index (κ2) is 5.49. The number of halogens is 2. The van der Waals surface area contributed by atoms with Gasteiger partial charge in [-0.2, -0.15) is 0 Å². The van der Waals surface area contributed by atoms with Crippen LogP contribution in [0.25, 0.3) is 0 Å². The van der Waals surface area contributed by atoms with Gasteiger partial charge in [0, 0.05) is 12.5 Å². The van der Waals surface area contributed by atoms with E-state index in [1.165, 1.54) is 12.1 Å². The summed E-state index contributed by atoms with van der Waals surface area (Å²) in [5.41, 5.74) is 3.28. The van der Waals surface area contributed by atoms with Crippen LogP contribution in [-0.2, 0) is 6.42 Å². The zero-order valence-electron chi connectivity index (χ0n) is 11.0. The van der Waals surface area contributed by atoms with Gasteiger partial charge in [-0.15, -0.1) is 0 Å². The summed E-state index contributed by atoms with van der Waals surface area (Å²) in [5.74, 6) is -1.23. The molecule has 0 aliphatic carbocycles. The van der Waals surface area contributed by atoms with Crippen molar-refractivity contribution in [1.82, 2.24) is 0 Å². The van der Waals surface area contributed by atoms with Gasteiger partial charge in [0.1, 0.15) is 11.6 Å². The lowest BCUT2D eigenvalue weighted by atomic mass is 9.98. The molecule has 0 fully saturated rings. The number of aliphatic hydroxyl groups is 1. The Morgan fingerprint density at radius 1 is 1.00 bits per heavy atom. The number of hydrogen-bond donors (Lipinski definition) is 1. The van der Waals surface area contributed by atoms with Crippen LogP contribution in [0.1, 0.15) is 28.4 Å². The van der Waals surface area contributed by atoms with Gasteiger partial charge in [-0.05, 0) is 42.2 Å². The van der Waals surface area contributed by atoms with Gasteiger partial charge in [0.05, 0.1) is 6.10 Å². The number of benzene rings is 2. The Bertz CT molecular complexity index is 593. The van der Waals surface area contributed by atoms with E-state index >= 15 is 0 Å². The minimum Gasteiger partial charge on any atom is -0.388 e. The van der Waals surface area contributed by atoms with E-state index in [-0.39, 0.29) is 6.42 Å². The monoisotopic (exact) mass is 262 g/mol. The largest absolute Gasteiger partial charge is 0.388 e. The highest BCUT2D eigenvalue weighted by Crippen LogP contribution is 2.22. The van der Waals surface area contributed by atoms with E-state index in [9.17, 15) is 13.9 Å². The summed E-state index contributed by atoms with van der Waals surface area (Å²) in [4.78, 5) is 0. The van der Waals surface area contributed by atoms with Crippen molar-refractivity contribution in [2.24, 2.45) is 0 Å². The van der Waals surface area contributed by atoms with Crippen LogP contribution in [0.5, 0.6) is 0 Å². The van der Waals surface area contributed by atoms with Crippen molar-refractivity contribution in [1.29, 1.82) is 0 Å². The maximum atomic E-state index is 13.5. The zero-order valence-corrected chi connectivity index (χ0v) is 11.0. The molecule has 3 heteroatoms. The zero-order chi connectivity index (χ0) is 14.0. The van der Waals surface area contributed by atoms with Gasteiger partial charge in [-0.1, -0.05) is 24.3 Å². The van der Waals surface area contributed by atoms with E-state index in [1.54, 1.807) is 0 Å². The van der Waals surface area contributed by atoms with Gasteiger partial charge >= 0.3 is 0 Å². The van der Waals surface area contributed by atoms with Gasteiger partial charge in [0.2, 0.25) is 0 Å². The van der Waals surface area contributed by atoms with Crippen LogP contribution in [0.2, 0.25) is 0 Å². The first-order valence-electron chi connectivity index (χ1n) is 6.16. The molecule has 1 N–H and O–H groups in total. The molecule has 0 aliphatic heterocycles. The quantitative estimate of drug-likeness (QED) is 0.890. The third-order valence-corrected chi connectivity index (χ3v) is 3.34. The van der Waals surface area contributed by atoms with Crippen LogP contribution < -0.4 is 0 Å². The van der Waals surface area contributed by atoms with Gasteiger partial charge in [0.15, 0.2) is 0 Å². The van der Waals surface area contributed by atoms with Gasteiger partial charge in [0.25, 0.3) is 0 Å². The molecule has 0 saturated heterocycles. The Kier molecular flexibility index (Phi) is 3.96. The predicted molar refractivity (Wildman–Crippen MR) is 70.9 cm³/mol. The van der Waals surface area contributed by atoms with Crippen molar-refractivity contribution in [3.8, 4) is 0 Å². The summed E-state index contributed by atoms with van der Waals surface area (Å²) in [5, 5.41) is 10.1.